The minimum absolute atomic E-state index is 0.0495. The van der Waals surface area contributed by atoms with Gasteiger partial charge in [-0.2, -0.15) is 24.9 Å². The van der Waals surface area contributed by atoms with Gasteiger partial charge in [0.05, 0.1) is 11.1 Å². The van der Waals surface area contributed by atoms with Crippen LogP contribution in [0.3, 0.4) is 0 Å². The third-order valence-electron chi connectivity index (χ3n) is 5.12. The fourth-order valence-corrected chi connectivity index (χ4v) is 4.82. The summed E-state index contributed by atoms with van der Waals surface area (Å²) in [6, 6.07) is 9.03. The van der Waals surface area contributed by atoms with Crippen LogP contribution >= 0.6 is 11.8 Å². The molecule has 0 aliphatic carbocycles. The van der Waals surface area contributed by atoms with Gasteiger partial charge in [-0.25, -0.2) is 0 Å². The highest BCUT2D eigenvalue weighted by Crippen LogP contribution is 2.35. The van der Waals surface area contributed by atoms with E-state index in [0.717, 1.165) is 42.2 Å². The molecule has 1 spiro atoms. The number of nitrogens with one attached hydrogen (secondary N) is 4. The Kier molecular flexibility index (Phi) is 6.07. The third kappa shape index (κ3) is 5.30. The Morgan fingerprint density at radius 2 is 1.70 bits per heavy atom. The summed E-state index contributed by atoms with van der Waals surface area (Å²) < 4.78 is 38.3. The number of amides is 3. The predicted molar refractivity (Wildman–Crippen MR) is 120 cm³/mol. The molecule has 2 aliphatic heterocycles. The first-order valence-electron chi connectivity index (χ1n) is 9.93. The molecule has 4 rings (SSSR count). The molecule has 1 atom stereocenters. The van der Waals surface area contributed by atoms with Gasteiger partial charge >= 0.3 is 6.18 Å². The fourth-order valence-electron chi connectivity index (χ4n) is 3.55. The van der Waals surface area contributed by atoms with Gasteiger partial charge in [0.15, 0.2) is 0 Å². The predicted octanol–water partition coefficient (Wildman–Crippen LogP) is 3.83. The summed E-state index contributed by atoms with van der Waals surface area (Å²) in [6.07, 6.45) is -1.86. The minimum Gasteiger partial charge on any atom is -0.361 e. The number of rotatable bonds is 4. The van der Waals surface area contributed by atoms with E-state index in [-0.39, 0.29) is 11.6 Å². The molecule has 33 heavy (non-hydrogen) atoms. The van der Waals surface area contributed by atoms with Crippen molar-refractivity contribution in [1.29, 1.82) is 0 Å². The van der Waals surface area contributed by atoms with Gasteiger partial charge in [0.25, 0.3) is 5.91 Å². The van der Waals surface area contributed by atoms with Crippen molar-refractivity contribution < 1.29 is 27.6 Å². The number of hydrogen-bond donors (Lipinski definition) is 4. The number of carbonyl (C=O) groups is 3. The molecule has 0 bridgehead atoms. The molecule has 2 heterocycles. The van der Waals surface area contributed by atoms with Crippen molar-refractivity contribution in [1.82, 2.24) is 5.32 Å². The van der Waals surface area contributed by atoms with Crippen molar-refractivity contribution in [2.24, 2.45) is 0 Å². The molecule has 2 aromatic carbocycles. The first kappa shape index (κ1) is 22.7. The molecule has 0 aromatic heterocycles. The molecular weight excluding hydrogens is 457 g/mol. The Balaban J connectivity index is 1.37. The number of alkyl halides is 3. The summed E-state index contributed by atoms with van der Waals surface area (Å²) >= 11 is 1.75. The van der Waals surface area contributed by atoms with Crippen molar-refractivity contribution in [2.45, 2.75) is 18.3 Å². The number of thioether (sulfide) groups is 1. The number of benzene rings is 2. The summed E-state index contributed by atoms with van der Waals surface area (Å²) in [7, 11) is 0. The molecule has 0 saturated carbocycles. The molecule has 2 aliphatic rings. The van der Waals surface area contributed by atoms with Crippen LogP contribution < -0.4 is 21.3 Å². The van der Waals surface area contributed by atoms with Gasteiger partial charge < -0.3 is 21.3 Å². The average molecular weight is 476 g/mol. The lowest BCUT2D eigenvalue weighted by Gasteiger charge is -2.37. The maximum absolute atomic E-state index is 12.8. The first-order valence-corrected chi connectivity index (χ1v) is 11.1. The van der Waals surface area contributed by atoms with Crippen LogP contribution in [0.25, 0.3) is 0 Å². The van der Waals surface area contributed by atoms with E-state index in [1.165, 1.54) is 18.2 Å². The molecule has 1 saturated heterocycles. The van der Waals surface area contributed by atoms with E-state index >= 15 is 0 Å². The summed E-state index contributed by atoms with van der Waals surface area (Å²) in [4.78, 5) is 36.7. The van der Waals surface area contributed by atoms with Crippen LogP contribution in [0.1, 0.15) is 22.3 Å². The number of fused-ring (bicyclic) bond motifs is 1. The van der Waals surface area contributed by atoms with Gasteiger partial charge in [0, 0.05) is 35.0 Å². The van der Waals surface area contributed by atoms with Crippen molar-refractivity contribution in [3.05, 3.63) is 65.7 Å². The second-order valence-corrected chi connectivity index (χ2v) is 8.72. The van der Waals surface area contributed by atoms with Gasteiger partial charge in [0.1, 0.15) is 5.66 Å². The smallest absolute Gasteiger partial charge is 0.361 e. The number of halogens is 3. The molecule has 4 N–H and O–H groups in total. The van der Waals surface area contributed by atoms with E-state index < -0.39 is 29.2 Å². The van der Waals surface area contributed by atoms with E-state index in [4.69, 9.17) is 0 Å². The van der Waals surface area contributed by atoms with E-state index in [2.05, 4.69) is 21.3 Å². The highest BCUT2D eigenvalue weighted by Gasteiger charge is 2.40. The summed E-state index contributed by atoms with van der Waals surface area (Å²) in [6.45, 7) is 0. The highest BCUT2D eigenvalue weighted by atomic mass is 32.2. The Hall–Kier alpha value is -3.47. The van der Waals surface area contributed by atoms with Crippen LogP contribution in [-0.4, -0.2) is 34.9 Å². The van der Waals surface area contributed by atoms with E-state index in [1.807, 2.05) is 0 Å². The summed E-state index contributed by atoms with van der Waals surface area (Å²) in [5.74, 6) is 0.0765. The zero-order valence-electron chi connectivity index (χ0n) is 17.1. The normalized spacial score (nSPS) is 19.7. The molecule has 3 amide bonds. The largest absolute Gasteiger partial charge is 0.416 e. The Morgan fingerprint density at radius 1 is 1.00 bits per heavy atom. The molecular formula is C22H19F3N4O3S. The van der Waals surface area contributed by atoms with Crippen molar-refractivity contribution in [3.8, 4) is 0 Å². The molecule has 1 unspecified atom stereocenters. The van der Waals surface area contributed by atoms with Gasteiger partial charge in [-0.3, -0.25) is 14.4 Å². The average Bonchev–Trinajstić information content (AvgIpc) is 3.19. The Bertz CT molecular complexity index is 1140. The van der Waals surface area contributed by atoms with Crippen molar-refractivity contribution in [2.75, 3.05) is 27.5 Å². The quantitative estimate of drug-likeness (QED) is 0.503. The Morgan fingerprint density at radius 3 is 2.33 bits per heavy atom. The Labute approximate surface area is 191 Å². The van der Waals surface area contributed by atoms with Crippen LogP contribution in [0.4, 0.5) is 30.2 Å². The molecule has 172 valence electrons. The molecule has 0 radical (unpaired) electrons. The molecule has 2 aromatic rings. The second-order valence-electron chi connectivity index (χ2n) is 7.61. The van der Waals surface area contributed by atoms with Gasteiger partial charge in [0.2, 0.25) is 11.8 Å². The molecule has 1 fully saturated rings. The third-order valence-corrected chi connectivity index (χ3v) is 6.31. The summed E-state index contributed by atoms with van der Waals surface area (Å²) in [5.41, 5.74) is 0.0270. The second kappa shape index (κ2) is 8.81. The summed E-state index contributed by atoms with van der Waals surface area (Å²) in [5, 5.41) is 11.2. The van der Waals surface area contributed by atoms with E-state index in [0.29, 0.717) is 16.9 Å². The number of anilines is 3. The van der Waals surface area contributed by atoms with Crippen LogP contribution in [0.2, 0.25) is 0 Å². The highest BCUT2D eigenvalue weighted by molar-refractivity contribution is 7.99. The van der Waals surface area contributed by atoms with Crippen LogP contribution in [0.15, 0.2) is 54.6 Å². The van der Waals surface area contributed by atoms with E-state index in [9.17, 15) is 27.6 Å². The van der Waals surface area contributed by atoms with Crippen molar-refractivity contribution in [3.63, 3.8) is 0 Å². The van der Waals surface area contributed by atoms with Gasteiger partial charge in [-0.1, -0.05) is 6.07 Å². The lowest BCUT2D eigenvalue weighted by molar-refractivity contribution is -0.137. The monoisotopic (exact) mass is 476 g/mol. The van der Waals surface area contributed by atoms with Crippen LogP contribution in [0.5, 0.6) is 0 Å². The SMILES string of the molecule is O=C(/C=C/C(=O)Nc1ccc2c(c1)C(=O)NC1(CCSC1)N2)Nc1cccc(C(F)(F)F)c1. The number of hydrogen-bond acceptors (Lipinski definition) is 5. The topological polar surface area (TPSA) is 99.3 Å². The van der Waals surface area contributed by atoms with Gasteiger partial charge in [-0.15, -0.1) is 0 Å². The zero-order valence-corrected chi connectivity index (χ0v) is 17.9. The number of carbonyl (C=O) groups excluding carboxylic acids is 3. The van der Waals surface area contributed by atoms with Gasteiger partial charge in [-0.05, 0) is 48.6 Å². The van der Waals surface area contributed by atoms with E-state index in [1.54, 1.807) is 23.9 Å². The first-order chi connectivity index (χ1) is 15.6. The fraction of sp³-hybridized carbons (Fsp3) is 0.227. The standard InChI is InChI=1S/C22H19F3N4O3S/c23-22(24,25)13-2-1-3-14(10-13)26-18(30)6-7-19(31)27-15-4-5-17-16(11-15)20(32)29-21(28-17)8-9-33-12-21/h1-7,10-11,28H,8-9,12H2,(H,26,30)(H,27,31)(H,29,32)/b7-6+. The molecule has 7 nitrogen and oxygen atoms in total. The lowest BCUT2D eigenvalue weighted by atomic mass is 10.0. The maximum Gasteiger partial charge on any atom is 0.416 e. The minimum atomic E-state index is -4.53. The van der Waals surface area contributed by atoms with Crippen LogP contribution in [-0.2, 0) is 15.8 Å². The van der Waals surface area contributed by atoms with Crippen LogP contribution in [0, 0.1) is 0 Å². The van der Waals surface area contributed by atoms with Crippen molar-refractivity contribution >= 4 is 46.5 Å². The lowest BCUT2D eigenvalue weighted by Crippen LogP contribution is -2.57. The maximum atomic E-state index is 12.8. The zero-order chi connectivity index (χ0) is 23.6. The molecule has 11 heteroatoms.